The minimum Gasteiger partial charge on any atom is -0.338 e. The molecule has 0 saturated carbocycles. The summed E-state index contributed by atoms with van der Waals surface area (Å²) in [5.41, 5.74) is 1.11. The fraction of sp³-hybridized carbons (Fsp3) is 0.353. The van der Waals surface area contributed by atoms with Crippen LogP contribution in [0.4, 0.5) is 5.95 Å². The zero-order valence-electron chi connectivity index (χ0n) is 13.1. The van der Waals surface area contributed by atoms with Crippen LogP contribution in [0.1, 0.15) is 18.0 Å². The number of aromatic nitrogens is 3. The van der Waals surface area contributed by atoms with Gasteiger partial charge >= 0.3 is 0 Å². The molecule has 1 atom stereocenters. The van der Waals surface area contributed by atoms with Crippen molar-refractivity contribution < 1.29 is 0 Å². The van der Waals surface area contributed by atoms with E-state index in [4.69, 9.17) is 4.98 Å². The van der Waals surface area contributed by atoms with E-state index in [-0.39, 0.29) is 0 Å². The van der Waals surface area contributed by atoms with Crippen molar-refractivity contribution in [2.75, 3.05) is 31.1 Å². The number of nitrogens with zero attached hydrogens (tertiary/aromatic N) is 5. The van der Waals surface area contributed by atoms with Crippen molar-refractivity contribution in [2.24, 2.45) is 0 Å². The molecular formula is C17H19N5S. The van der Waals surface area contributed by atoms with E-state index in [9.17, 15) is 0 Å². The second-order valence-electron chi connectivity index (χ2n) is 5.77. The molecule has 1 aliphatic rings. The lowest BCUT2D eigenvalue weighted by atomic mass is 10.2. The topological polar surface area (TPSA) is 45.2 Å². The summed E-state index contributed by atoms with van der Waals surface area (Å²) >= 11 is 1.81. The van der Waals surface area contributed by atoms with Crippen molar-refractivity contribution in [3.63, 3.8) is 0 Å². The van der Waals surface area contributed by atoms with Gasteiger partial charge in [-0.15, -0.1) is 11.3 Å². The molecule has 0 N–H and O–H groups in total. The Morgan fingerprint density at radius 1 is 1.00 bits per heavy atom. The predicted octanol–water partition coefficient (Wildman–Crippen LogP) is 2.97. The van der Waals surface area contributed by atoms with Gasteiger partial charge in [0.05, 0.1) is 16.3 Å². The number of anilines is 1. The Morgan fingerprint density at radius 2 is 1.74 bits per heavy atom. The first-order chi connectivity index (χ1) is 11.3. The van der Waals surface area contributed by atoms with Crippen molar-refractivity contribution >= 4 is 27.5 Å². The number of piperazine rings is 1. The Balaban J connectivity index is 1.45. The average molecular weight is 325 g/mol. The Hall–Kier alpha value is -2.05. The lowest BCUT2D eigenvalue weighted by Gasteiger charge is -2.37. The van der Waals surface area contributed by atoms with Gasteiger partial charge in [0.1, 0.15) is 5.01 Å². The van der Waals surface area contributed by atoms with E-state index >= 15 is 0 Å². The maximum atomic E-state index is 4.80. The van der Waals surface area contributed by atoms with Gasteiger partial charge in [-0.1, -0.05) is 12.1 Å². The van der Waals surface area contributed by atoms with Gasteiger partial charge in [0.2, 0.25) is 5.95 Å². The molecule has 0 spiro atoms. The normalized spacial score (nSPS) is 17.5. The van der Waals surface area contributed by atoms with Crippen molar-refractivity contribution in [3.8, 4) is 0 Å². The zero-order valence-corrected chi connectivity index (χ0v) is 13.9. The molecule has 23 heavy (non-hydrogen) atoms. The van der Waals surface area contributed by atoms with Crippen molar-refractivity contribution in [1.82, 2.24) is 19.9 Å². The van der Waals surface area contributed by atoms with Gasteiger partial charge in [-0.2, -0.15) is 0 Å². The molecule has 118 valence electrons. The van der Waals surface area contributed by atoms with Gasteiger partial charge in [0.25, 0.3) is 0 Å². The first-order valence-corrected chi connectivity index (χ1v) is 8.74. The van der Waals surface area contributed by atoms with E-state index in [1.54, 1.807) is 23.7 Å². The van der Waals surface area contributed by atoms with Crippen molar-refractivity contribution in [3.05, 3.63) is 47.7 Å². The van der Waals surface area contributed by atoms with E-state index < -0.39 is 0 Å². The number of rotatable bonds is 3. The van der Waals surface area contributed by atoms with Gasteiger partial charge in [-0.3, -0.25) is 4.90 Å². The van der Waals surface area contributed by atoms with Crippen LogP contribution in [0.25, 0.3) is 10.2 Å². The second kappa shape index (κ2) is 6.22. The molecule has 0 aliphatic carbocycles. The molecule has 1 aromatic carbocycles. The number of fused-ring (bicyclic) bond motifs is 1. The Kier molecular flexibility index (Phi) is 3.93. The van der Waals surface area contributed by atoms with Crippen LogP contribution in [0.5, 0.6) is 0 Å². The molecule has 0 radical (unpaired) electrons. The van der Waals surface area contributed by atoms with Crippen LogP contribution < -0.4 is 4.90 Å². The van der Waals surface area contributed by atoms with Crippen LogP contribution in [0.15, 0.2) is 42.7 Å². The van der Waals surface area contributed by atoms with Crippen molar-refractivity contribution in [2.45, 2.75) is 13.0 Å². The van der Waals surface area contributed by atoms with Crippen LogP contribution in [0.3, 0.4) is 0 Å². The smallest absolute Gasteiger partial charge is 0.225 e. The summed E-state index contributed by atoms with van der Waals surface area (Å²) in [5.74, 6) is 0.833. The maximum absolute atomic E-state index is 4.80. The van der Waals surface area contributed by atoms with Crippen molar-refractivity contribution in [1.29, 1.82) is 0 Å². The third-order valence-electron chi connectivity index (χ3n) is 4.36. The van der Waals surface area contributed by atoms with E-state index in [1.807, 2.05) is 6.07 Å². The van der Waals surface area contributed by atoms with E-state index in [0.29, 0.717) is 6.04 Å². The van der Waals surface area contributed by atoms with Gasteiger partial charge in [0, 0.05) is 38.6 Å². The van der Waals surface area contributed by atoms with Crippen LogP contribution >= 0.6 is 11.3 Å². The van der Waals surface area contributed by atoms with Crippen LogP contribution in [0, 0.1) is 0 Å². The van der Waals surface area contributed by atoms with E-state index in [1.165, 1.54) is 9.71 Å². The Labute approximate surface area is 139 Å². The average Bonchev–Trinajstić information content (AvgIpc) is 3.06. The SMILES string of the molecule is C[C@H](c1nc2ccccc2s1)N1CCN(c2ncccn2)CC1. The standard InChI is InChI=1S/C17H19N5S/c1-13(16-20-14-5-2-3-6-15(14)23-16)21-9-11-22(12-10-21)17-18-7-4-8-19-17/h2-8,13H,9-12H2,1H3/t13-/m1/s1. The maximum Gasteiger partial charge on any atom is 0.225 e. The summed E-state index contributed by atoms with van der Waals surface area (Å²) < 4.78 is 1.27. The molecule has 3 aromatic rings. The highest BCUT2D eigenvalue weighted by Crippen LogP contribution is 2.30. The van der Waals surface area contributed by atoms with E-state index in [0.717, 1.165) is 37.6 Å². The number of thiazole rings is 1. The summed E-state index contributed by atoms with van der Waals surface area (Å²) in [6.07, 6.45) is 3.61. The molecule has 0 amide bonds. The third kappa shape index (κ3) is 2.92. The van der Waals surface area contributed by atoms with Crippen LogP contribution in [-0.4, -0.2) is 46.0 Å². The summed E-state index contributed by atoms with van der Waals surface area (Å²) in [6, 6.07) is 10.6. The monoisotopic (exact) mass is 325 g/mol. The fourth-order valence-corrected chi connectivity index (χ4v) is 4.04. The first kappa shape index (κ1) is 14.5. The lowest BCUT2D eigenvalue weighted by molar-refractivity contribution is 0.197. The van der Waals surface area contributed by atoms with Gasteiger partial charge in [-0.25, -0.2) is 15.0 Å². The molecule has 6 heteroatoms. The molecule has 0 unspecified atom stereocenters. The molecule has 2 aromatic heterocycles. The fourth-order valence-electron chi connectivity index (χ4n) is 2.99. The summed E-state index contributed by atoms with van der Waals surface area (Å²) in [4.78, 5) is 18.2. The number of hydrogen-bond acceptors (Lipinski definition) is 6. The number of hydrogen-bond donors (Lipinski definition) is 0. The third-order valence-corrected chi connectivity index (χ3v) is 5.57. The molecule has 1 aliphatic heterocycles. The lowest BCUT2D eigenvalue weighted by Crippen LogP contribution is -2.47. The zero-order chi connectivity index (χ0) is 15.6. The molecule has 1 saturated heterocycles. The number of benzene rings is 1. The highest BCUT2D eigenvalue weighted by atomic mass is 32.1. The minimum atomic E-state index is 0.353. The van der Waals surface area contributed by atoms with Gasteiger partial charge in [0.15, 0.2) is 0 Å². The molecule has 3 heterocycles. The second-order valence-corrected chi connectivity index (χ2v) is 6.83. The van der Waals surface area contributed by atoms with Gasteiger partial charge in [-0.05, 0) is 25.1 Å². The Morgan fingerprint density at radius 3 is 2.48 bits per heavy atom. The van der Waals surface area contributed by atoms with Crippen LogP contribution in [0.2, 0.25) is 0 Å². The molecule has 4 rings (SSSR count). The van der Waals surface area contributed by atoms with Crippen LogP contribution in [-0.2, 0) is 0 Å². The van der Waals surface area contributed by atoms with E-state index in [2.05, 4.69) is 51.0 Å². The molecular weight excluding hydrogens is 306 g/mol. The van der Waals surface area contributed by atoms with Gasteiger partial charge < -0.3 is 4.90 Å². The number of para-hydroxylation sites is 1. The quantitative estimate of drug-likeness (QED) is 0.741. The highest BCUT2D eigenvalue weighted by molar-refractivity contribution is 7.18. The molecule has 1 fully saturated rings. The minimum absolute atomic E-state index is 0.353. The Bertz CT molecular complexity index is 747. The molecule has 5 nitrogen and oxygen atoms in total. The molecule has 0 bridgehead atoms. The summed E-state index contributed by atoms with van der Waals surface area (Å²) in [7, 11) is 0. The largest absolute Gasteiger partial charge is 0.338 e. The summed E-state index contributed by atoms with van der Waals surface area (Å²) in [6.45, 7) is 6.19. The highest BCUT2D eigenvalue weighted by Gasteiger charge is 2.25. The first-order valence-electron chi connectivity index (χ1n) is 7.93. The summed E-state index contributed by atoms with van der Waals surface area (Å²) in [5, 5.41) is 1.20. The predicted molar refractivity (Wildman–Crippen MR) is 93.9 cm³/mol.